The molecule has 1 aromatic rings. The summed E-state index contributed by atoms with van der Waals surface area (Å²) in [5.74, 6) is -1.03. The van der Waals surface area contributed by atoms with E-state index in [4.69, 9.17) is 5.11 Å². The number of aliphatic carboxylic acids is 1. The van der Waals surface area contributed by atoms with Crippen LogP contribution < -0.4 is 4.72 Å². The Hall–Kier alpha value is -0.960. The summed E-state index contributed by atoms with van der Waals surface area (Å²) in [6.07, 6.45) is 0.331. The average Bonchev–Trinajstić information content (AvgIpc) is 2.37. The average molecular weight is 379 g/mol. The fourth-order valence-corrected chi connectivity index (χ4v) is 3.10. The predicted molar refractivity (Wildman–Crippen MR) is 84.2 cm³/mol. The molecule has 0 saturated carbocycles. The summed E-state index contributed by atoms with van der Waals surface area (Å²) in [4.78, 5) is 10.5. The number of rotatable bonds is 8. The lowest BCUT2D eigenvalue weighted by Crippen LogP contribution is -2.44. The predicted octanol–water partition coefficient (Wildman–Crippen LogP) is 1.62. The van der Waals surface area contributed by atoms with Crippen molar-refractivity contribution in [3.05, 3.63) is 34.3 Å². The summed E-state index contributed by atoms with van der Waals surface area (Å²) in [5, 5.41) is 8.58. The summed E-state index contributed by atoms with van der Waals surface area (Å²) in [5.41, 5.74) is 1.02. The maximum Gasteiger partial charge on any atom is 0.304 e. The highest BCUT2D eigenvalue weighted by Gasteiger charge is 2.20. The van der Waals surface area contributed by atoms with Crippen LogP contribution >= 0.6 is 15.9 Å². The maximum atomic E-state index is 12.0. The van der Waals surface area contributed by atoms with Crippen LogP contribution in [0.3, 0.4) is 0 Å². The van der Waals surface area contributed by atoms with Crippen LogP contribution in [0.4, 0.5) is 0 Å². The van der Waals surface area contributed by atoms with Crippen molar-refractivity contribution in [1.82, 2.24) is 9.03 Å². The van der Waals surface area contributed by atoms with Gasteiger partial charge in [0, 0.05) is 24.1 Å². The number of carbonyl (C=O) groups is 1. The molecular weight excluding hydrogens is 360 g/mol. The summed E-state index contributed by atoms with van der Waals surface area (Å²) in [7, 11) is -2.31. The quantitative estimate of drug-likeness (QED) is 0.719. The molecule has 0 bridgehead atoms. The van der Waals surface area contributed by atoms with Gasteiger partial charge in [0.1, 0.15) is 0 Å². The van der Waals surface area contributed by atoms with Crippen LogP contribution in [0.1, 0.15) is 18.9 Å². The van der Waals surface area contributed by atoms with E-state index in [1.165, 1.54) is 7.05 Å². The van der Waals surface area contributed by atoms with Gasteiger partial charge in [-0.2, -0.15) is 17.4 Å². The van der Waals surface area contributed by atoms with Crippen LogP contribution in [-0.2, 0) is 21.4 Å². The number of nitrogens with one attached hydrogen (secondary N) is 1. The first-order valence-electron chi connectivity index (χ1n) is 6.40. The topological polar surface area (TPSA) is 86.7 Å². The van der Waals surface area contributed by atoms with E-state index in [1.54, 1.807) is 6.92 Å². The smallest absolute Gasteiger partial charge is 0.304 e. The molecule has 2 N–H and O–H groups in total. The minimum absolute atomic E-state index is 0.0599. The third-order valence-corrected chi connectivity index (χ3v) is 5.09. The van der Waals surface area contributed by atoms with E-state index in [9.17, 15) is 13.2 Å². The van der Waals surface area contributed by atoms with Crippen molar-refractivity contribution < 1.29 is 18.3 Å². The highest BCUT2D eigenvalue weighted by atomic mass is 79.9. The van der Waals surface area contributed by atoms with Crippen molar-refractivity contribution in [1.29, 1.82) is 0 Å². The molecule has 0 saturated heterocycles. The molecule has 1 rings (SSSR count). The Morgan fingerprint density at radius 2 is 1.95 bits per heavy atom. The molecule has 0 radical (unpaired) electrons. The molecule has 118 valence electrons. The molecule has 0 heterocycles. The Kier molecular flexibility index (Phi) is 6.79. The van der Waals surface area contributed by atoms with E-state index >= 15 is 0 Å². The van der Waals surface area contributed by atoms with Crippen molar-refractivity contribution in [2.75, 3.05) is 13.6 Å². The van der Waals surface area contributed by atoms with Crippen LogP contribution in [0.5, 0.6) is 0 Å². The number of hydrogen-bond donors (Lipinski definition) is 2. The molecule has 6 nitrogen and oxygen atoms in total. The van der Waals surface area contributed by atoms with Gasteiger partial charge in [-0.25, -0.2) is 0 Å². The van der Waals surface area contributed by atoms with Crippen LogP contribution in [0.25, 0.3) is 0 Å². The fraction of sp³-hybridized carbons (Fsp3) is 0.462. The molecule has 0 aliphatic heterocycles. The molecule has 0 aliphatic carbocycles. The maximum absolute atomic E-state index is 12.0. The lowest BCUT2D eigenvalue weighted by molar-refractivity contribution is -0.137. The number of benzene rings is 1. The Bertz CT molecular complexity index is 574. The van der Waals surface area contributed by atoms with Crippen molar-refractivity contribution in [3.8, 4) is 0 Å². The van der Waals surface area contributed by atoms with Gasteiger partial charge in [0.15, 0.2) is 0 Å². The molecule has 1 aromatic carbocycles. The number of nitrogens with zero attached hydrogens (tertiary/aromatic N) is 1. The van der Waals surface area contributed by atoms with E-state index in [2.05, 4.69) is 20.7 Å². The van der Waals surface area contributed by atoms with Crippen LogP contribution in [0, 0.1) is 0 Å². The van der Waals surface area contributed by atoms with Gasteiger partial charge >= 0.3 is 5.97 Å². The molecule has 8 heteroatoms. The second-order valence-corrected chi connectivity index (χ2v) is 7.54. The molecule has 0 amide bonds. The zero-order valence-corrected chi connectivity index (χ0v) is 14.3. The van der Waals surface area contributed by atoms with Crippen molar-refractivity contribution in [3.63, 3.8) is 0 Å². The van der Waals surface area contributed by atoms with Gasteiger partial charge in [-0.05, 0) is 31.0 Å². The number of hydrogen-bond acceptors (Lipinski definition) is 3. The van der Waals surface area contributed by atoms with E-state index in [0.717, 1.165) is 14.3 Å². The summed E-state index contributed by atoms with van der Waals surface area (Å²) in [6.45, 7) is 1.71. The van der Waals surface area contributed by atoms with E-state index in [-0.39, 0.29) is 19.0 Å². The first kappa shape index (κ1) is 18.1. The lowest BCUT2D eigenvalue weighted by Gasteiger charge is -2.20. The second kappa shape index (κ2) is 7.88. The van der Waals surface area contributed by atoms with Crippen molar-refractivity contribution in [2.45, 2.75) is 25.8 Å². The SMILES string of the molecule is CC(Cc1ccc(Br)cc1)NS(=O)(=O)N(C)CCC(=O)O. The standard InChI is InChI=1S/C13H19BrN2O4S/c1-10(9-11-3-5-12(14)6-4-11)15-21(19,20)16(2)8-7-13(17)18/h3-6,10,15H,7-9H2,1-2H3,(H,17,18). The van der Waals surface area contributed by atoms with E-state index < -0.39 is 16.2 Å². The number of carboxylic acid groups (broad SMARTS) is 1. The Morgan fingerprint density at radius 1 is 1.38 bits per heavy atom. The van der Waals surface area contributed by atoms with Gasteiger partial charge in [0.05, 0.1) is 6.42 Å². The largest absolute Gasteiger partial charge is 0.481 e. The molecule has 0 fully saturated rings. The summed E-state index contributed by atoms with van der Waals surface area (Å²) in [6, 6.07) is 7.35. The molecule has 1 atom stereocenters. The summed E-state index contributed by atoms with van der Waals surface area (Å²) >= 11 is 3.34. The second-order valence-electron chi connectivity index (χ2n) is 4.82. The first-order chi connectivity index (χ1) is 9.70. The van der Waals surface area contributed by atoms with Gasteiger partial charge in [0.25, 0.3) is 10.2 Å². The van der Waals surface area contributed by atoms with E-state index in [0.29, 0.717) is 6.42 Å². The molecule has 1 unspecified atom stereocenters. The Balaban J connectivity index is 2.57. The van der Waals surface area contributed by atoms with Gasteiger partial charge in [0.2, 0.25) is 0 Å². The van der Waals surface area contributed by atoms with Crippen LogP contribution in [-0.4, -0.2) is 43.4 Å². The van der Waals surface area contributed by atoms with Gasteiger partial charge in [-0.3, -0.25) is 4.79 Å². The van der Waals surface area contributed by atoms with Gasteiger partial charge < -0.3 is 5.11 Å². The minimum atomic E-state index is -3.67. The third kappa shape index (κ3) is 6.56. The highest BCUT2D eigenvalue weighted by Crippen LogP contribution is 2.12. The first-order valence-corrected chi connectivity index (χ1v) is 8.64. The molecular formula is C13H19BrN2O4S. The number of carboxylic acids is 1. The van der Waals surface area contributed by atoms with Crippen LogP contribution in [0.2, 0.25) is 0 Å². The Morgan fingerprint density at radius 3 is 2.48 bits per heavy atom. The van der Waals surface area contributed by atoms with Crippen LogP contribution in [0.15, 0.2) is 28.7 Å². The van der Waals surface area contributed by atoms with Crippen molar-refractivity contribution >= 4 is 32.1 Å². The molecule has 0 aromatic heterocycles. The van der Waals surface area contributed by atoms with E-state index in [1.807, 2.05) is 24.3 Å². The zero-order chi connectivity index (χ0) is 16.0. The number of halogens is 1. The molecule has 21 heavy (non-hydrogen) atoms. The molecule has 0 aliphatic rings. The zero-order valence-electron chi connectivity index (χ0n) is 11.9. The highest BCUT2D eigenvalue weighted by molar-refractivity contribution is 9.10. The lowest BCUT2D eigenvalue weighted by atomic mass is 10.1. The van der Waals surface area contributed by atoms with Gasteiger partial charge in [-0.15, -0.1) is 0 Å². The van der Waals surface area contributed by atoms with Crippen molar-refractivity contribution in [2.24, 2.45) is 0 Å². The molecule has 0 spiro atoms. The minimum Gasteiger partial charge on any atom is -0.481 e. The fourth-order valence-electron chi connectivity index (χ4n) is 1.73. The van der Waals surface area contributed by atoms with Gasteiger partial charge in [-0.1, -0.05) is 28.1 Å². The monoisotopic (exact) mass is 378 g/mol. The normalized spacial score (nSPS) is 13.3. The third-order valence-electron chi connectivity index (χ3n) is 2.86. The summed E-state index contributed by atoms with van der Waals surface area (Å²) < 4.78 is 28.5. The Labute approximate surface area is 133 Å².